The summed E-state index contributed by atoms with van der Waals surface area (Å²) in [6, 6.07) is 7.59. The van der Waals surface area contributed by atoms with Gasteiger partial charge in [0.1, 0.15) is 29.3 Å². The Hall–Kier alpha value is -4.00. The van der Waals surface area contributed by atoms with Crippen LogP contribution in [0.3, 0.4) is 0 Å². The van der Waals surface area contributed by atoms with Crippen LogP contribution in [0.4, 0.5) is 15.9 Å². The highest BCUT2D eigenvalue weighted by Crippen LogP contribution is 2.35. The number of aromatic nitrogens is 3. The topological polar surface area (TPSA) is 121 Å². The normalized spacial score (nSPS) is 18.1. The van der Waals surface area contributed by atoms with E-state index < -0.39 is 17.4 Å². The molecule has 2 amide bonds. The molecule has 1 aliphatic heterocycles. The molecule has 10 heteroatoms. The Balaban J connectivity index is 1.86. The minimum atomic E-state index is -1.13. The third-order valence-corrected chi connectivity index (χ3v) is 5.89. The molecular formula is C22H22FN7O2. The second kappa shape index (κ2) is 7.30. The second-order valence-corrected chi connectivity index (χ2v) is 8.34. The SMILES string of the molecule is CC(=O)N1C[C@H](C)N(c2cc(-c3cc(C#N)c4c(N)ncnn34)ccc2F)C(=O)C1(C)C. The molecule has 2 aromatic heterocycles. The maximum atomic E-state index is 15.0. The standard InChI is InChI=1S/C22H22FN7O2/c1-12-10-28(13(2)31)22(3,4)21(32)29(12)18-7-14(5-6-16(18)23)17-8-15(9-24)19-20(25)26-11-27-30(17)19/h5-8,11-12H,10H2,1-4H3,(H2,25,26,27)/t12-/m0/s1. The lowest BCUT2D eigenvalue weighted by Gasteiger charge is -2.48. The third kappa shape index (κ3) is 3.05. The molecule has 0 spiro atoms. The van der Waals surface area contributed by atoms with Crippen molar-refractivity contribution in [1.29, 1.82) is 5.26 Å². The number of halogens is 1. The predicted octanol–water partition coefficient (Wildman–Crippen LogP) is 2.35. The zero-order valence-corrected chi connectivity index (χ0v) is 18.1. The van der Waals surface area contributed by atoms with Gasteiger partial charge in [-0.25, -0.2) is 13.9 Å². The van der Waals surface area contributed by atoms with Crippen LogP contribution in [0.5, 0.6) is 0 Å². The van der Waals surface area contributed by atoms with E-state index in [4.69, 9.17) is 5.73 Å². The molecule has 0 saturated carbocycles. The lowest BCUT2D eigenvalue weighted by atomic mass is 9.93. The molecule has 3 heterocycles. The predicted molar refractivity (Wildman–Crippen MR) is 116 cm³/mol. The number of hydrogen-bond donors (Lipinski definition) is 1. The van der Waals surface area contributed by atoms with E-state index in [2.05, 4.69) is 16.2 Å². The van der Waals surface area contributed by atoms with Gasteiger partial charge >= 0.3 is 0 Å². The van der Waals surface area contributed by atoms with E-state index in [0.717, 1.165) is 0 Å². The molecule has 0 radical (unpaired) electrons. The summed E-state index contributed by atoms with van der Waals surface area (Å²) in [5.41, 5.74) is 6.59. The Morgan fingerprint density at radius 3 is 2.72 bits per heavy atom. The van der Waals surface area contributed by atoms with Gasteiger partial charge in [-0.1, -0.05) is 0 Å². The highest BCUT2D eigenvalue weighted by Gasteiger charge is 2.47. The van der Waals surface area contributed by atoms with Crippen molar-refractivity contribution in [2.24, 2.45) is 0 Å². The van der Waals surface area contributed by atoms with E-state index >= 15 is 0 Å². The summed E-state index contributed by atoms with van der Waals surface area (Å²) in [6.45, 7) is 6.75. The first-order valence-corrected chi connectivity index (χ1v) is 10.0. The van der Waals surface area contributed by atoms with Crippen molar-refractivity contribution in [1.82, 2.24) is 19.5 Å². The largest absolute Gasteiger partial charge is 0.382 e. The van der Waals surface area contributed by atoms with Crippen molar-refractivity contribution in [3.63, 3.8) is 0 Å². The van der Waals surface area contributed by atoms with Crippen LogP contribution in [0.25, 0.3) is 16.8 Å². The van der Waals surface area contributed by atoms with Gasteiger partial charge in [0.2, 0.25) is 5.91 Å². The van der Waals surface area contributed by atoms with Gasteiger partial charge in [-0.15, -0.1) is 0 Å². The molecule has 3 aromatic rings. The van der Waals surface area contributed by atoms with Gasteiger partial charge in [-0.05, 0) is 45.0 Å². The fourth-order valence-corrected chi connectivity index (χ4v) is 4.27. The van der Waals surface area contributed by atoms with Crippen molar-refractivity contribution < 1.29 is 14.0 Å². The van der Waals surface area contributed by atoms with Crippen molar-refractivity contribution in [2.75, 3.05) is 17.2 Å². The van der Waals surface area contributed by atoms with Gasteiger partial charge < -0.3 is 15.5 Å². The second-order valence-electron chi connectivity index (χ2n) is 8.34. The maximum Gasteiger partial charge on any atom is 0.252 e. The number of nitrogens with zero attached hydrogens (tertiary/aromatic N) is 6. The number of nitrogen functional groups attached to an aromatic ring is 1. The number of nitrogens with two attached hydrogens (primary N) is 1. The number of fused-ring (bicyclic) bond motifs is 1. The molecule has 1 aliphatic rings. The molecule has 4 rings (SSSR count). The fourth-order valence-electron chi connectivity index (χ4n) is 4.27. The van der Waals surface area contributed by atoms with Crippen LogP contribution in [0.1, 0.15) is 33.3 Å². The number of benzene rings is 1. The quantitative estimate of drug-likeness (QED) is 0.660. The van der Waals surface area contributed by atoms with E-state index in [-0.39, 0.29) is 35.4 Å². The highest BCUT2D eigenvalue weighted by atomic mass is 19.1. The molecule has 32 heavy (non-hydrogen) atoms. The Kier molecular flexibility index (Phi) is 4.85. The van der Waals surface area contributed by atoms with Crippen LogP contribution < -0.4 is 10.6 Å². The monoisotopic (exact) mass is 435 g/mol. The number of rotatable bonds is 2. The first-order valence-electron chi connectivity index (χ1n) is 10.0. The van der Waals surface area contributed by atoms with Gasteiger partial charge in [0, 0.05) is 19.0 Å². The molecular weight excluding hydrogens is 413 g/mol. The number of piperazine rings is 1. The van der Waals surface area contributed by atoms with Crippen LogP contribution in [-0.4, -0.2) is 49.4 Å². The van der Waals surface area contributed by atoms with Crippen LogP contribution in [-0.2, 0) is 9.59 Å². The molecule has 1 aromatic carbocycles. The minimum Gasteiger partial charge on any atom is -0.382 e. The summed E-state index contributed by atoms with van der Waals surface area (Å²) >= 11 is 0. The van der Waals surface area contributed by atoms with E-state index in [0.29, 0.717) is 16.8 Å². The van der Waals surface area contributed by atoms with E-state index in [1.807, 2.05) is 0 Å². The summed E-state index contributed by atoms with van der Waals surface area (Å²) < 4.78 is 16.5. The van der Waals surface area contributed by atoms with Crippen LogP contribution in [0, 0.1) is 17.1 Å². The maximum absolute atomic E-state index is 15.0. The highest BCUT2D eigenvalue weighted by molar-refractivity contribution is 6.03. The fraction of sp³-hybridized carbons (Fsp3) is 0.318. The Morgan fingerprint density at radius 2 is 2.06 bits per heavy atom. The number of hydrogen-bond acceptors (Lipinski definition) is 6. The van der Waals surface area contributed by atoms with Crippen molar-refractivity contribution in [3.8, 4) is 17.3 Å². The molecule has 2 N–H and O–H groups in total. The number of carbonyl (C=O) groups excluding carboxylic acids is 2. The van der Waals surface area contributed by atoms with Crippen molar-refractivity contribution >= 4 is 28.8 Å². The van der Waals surface area contributed by atoms with Gasteiger partial charge in [0.05, 0.1) is 23.0 Å². The van der Waals surface area contributed by atoms with Gasteiger partial charge in [0.15, 0.2) is 5.82 Å². The zero-order chi connectivity index (χ0) is 23.4. The molecule has 1 atom stereocenters. The van der Waals surface area contributed by atoms with Gasteiger partial charge in [-0.3, -0.25) is 9.59 Å². The molecule has 9 nitrogen and oxygen atoms in total. The lowest BCUT2D eigenvalue weighted by Crippen LogP contribution is -2.67. The minimum absolute atomic E-state index is 0.0896. The van der Waals surface area contributed by atoms with Gasteiger partial charge in [-0.2, -0.15) is 10.4 Å². The first-order chi connectivity index (χ1) is 15.1. The molecule has 0 aliphatic carbocycles. The number of nitriles is 1. The Bertz CT molecular complexity index is 1310. The van der Waals surface area contributed by atoms with Crippen LogP contribution >= 0.6 is 0 Å². The van der Waals surface area contributed by atoms with Crippen LogP contribution in [0.2, 0.25) is 0 Å². The molecule has 164 valence electrons. The summed E-state index contributed by atoms with van der Waals surface area (Å²) in [5.74, 6) is -1.02. The van der Waals surface area contributed by atoms with Crippen molar-refractivity contribution in [2.45, 2.75) is 39.3 Å². The molecule has 1 fully saturated rings. The Morgan fingerprint density at radius 1 is 1.34 bits per heavy atom. The average Bonchev–Trinajstić information content (AvgIpc) is 3.12. The Labute approximate surface area is 183 Å². The number of carbonyl (C=O) groups is 2. The summed E-state index contributed by atoms with van der Waals surface area (Å²) in [4.78, 5) is 32.3. The van der Waals surface area contributed by atoms with E-state index in [1.165, 1.54) is 33.6 Å². The smallest absolute Gasteiger partial charge is 0.252 e. The summed E-state index contributed by atoms with van der Waals surface area (Å²) in [7, 11) is 0. The molecule has 1 saturated heterocycles. The van der Waals surface area contributed by atoms with E-state index in [1.54, 1.807) is 39.0 Å². The first kappa shape index (κ1) is 21.2. The zero-order valence-electron chi connectivity index (χ0n) is 18.1. The van der Waals surface area contributed by atoms with E-state index in [9.17, 15) is 19.2 Å². The molecule has 0 bridgehead atoms. The number of anilines is 2. The summed E-state index contributed by atoms with van der Waals surface area (Å²) in [5, 5.41) is 13.7. The average molecular weight is 435 g/mol. The van der Waals surface area contributed by atoms with Crippen LogP contribution in [0.15, 0.2) is 30.6 Å². The molecule has 0 unspecified atom stereocenters. The summed E-state index contributed by atoms with van der Waals surface area (Å²) in [6.07, 6.45) is 1.27. The van der Waals surface area contributed by atoms with Gasteiger partial charge in [0.25, 0.3) is 5.91 Å². The lowest BCUT2D eigenvalue weighted by molar-refractivity contribution is -0.146. The van der Waals surface area contributed by atoms with Crippen molar-refractivity contribution in [3.05, 3.63) is 42.0 Å². The third-order valence-electron chi connectivity index (χ3n) is 5.89. The number of amides is 2.